The Bertz CT molecular complexity index is 796. The van der Waals surface area contributed by atoms with Crippen molar-refractivity contribution in [3.63, 3.8) is 0 Å². The molecule has 58 heavy (non-hydrogen) atoms. The van der Waals surface area contributed by atoms with Gasteiger partial charge in [-0.05, 0) is 25.7 Å². The number of hydrogen-bond acceptors (Lipinski definition) is 4. The van der Waals surface area contributed by atoms with Crippen LogP contribution in [0.15, 0.2) is 0 Å². The Kier molecular flexibility index (Phi) is 49.4. The second kappa shape index (κ2) is 50.3. The molecule has 1 atom stereocenters. The minimum Gasteiger partial charge on any atom is -0.463 e. The molecule has 0 aromatic heterocycles. The van der Waals surface area contributed by atoms with E-state index >= 15 is 0 Å². The SMILES string of the molecule is CCCCCCCCCCCCCCCCCCOC(=O)C(CCCCCCCCCCCCCCCC)OC(=O)CCCCCCCCCCCCCCCCC. The van der Waals surface area contributed by atoms with E-state index in [1.807, 2.05) is 0 Å². The Hall–Kier alpha value is -1.06. The first-order valence-corrected chi connectivity index (χ1v) is 27.0. The van der Waals surface area contributed by atoms with Crippen LogP contribution in [-0.2, 0) is 19.1 Å². The topological polar surface area (TPSA) is 52.6 Å². The highest BCUT2D eigenvalue weighted by Gasteiger charge is 2.24. The van der Waals surface area contributed by atoms with Gasteiger partial charge in [-0.25, -0.2) is 4.79 Å². The molecular weight excluding hydrogens is 713 g/mol. The maximum absolute atomic E-state index is 13.1. The van der Waals surface area contributed by atoms with E-state index in [9.17, 15) is 9.59 Å². The number of hydrogen-bond donors (Lipinski definition) is 0. The standard InChI is InChI=1S/C54H106O4/c1-4-7-10-13-16-19-22-25-28-30-33-36-39-42-45-48-51-57-54(56)52(49-46-43-40-37-34-31-27-24-21-18-15-12-9-6-3)58-53(55)50-47-44-41-38-35-32-29-26-23-20-17-14-11-8-5-2/h52H,4-51H2,1-3H3. The Morgan fingerprint density at radius 3 is 0.845 bits per heavy atom. The van der Waals surface area contributed by atoms with E-state index in [2.05, 4.69) is 20.8 Å². The summed E-state index contributed by atoms with van der Waals surface area (Å²) in [7, 11) is 0. The largest absolute Gasteiger partial charge is 0.463 e. The van der Waals surface area contributed by atoms with E-state index in [1.165, 1.54) is 250 Å². The maximum Gasteiger partial charge on any atom is 0.347 e. The van der Waals surface area contributed by atoms with Crippen LogP contribution < -0.4 is 0 Å². The first-order valence-electron chi connectivity index (χ1n) is 27.0. The second-order valence-electron chi connectivity index (χ2n) is 18.5. The van der Waals surface area contributed by atoms with Crippen LogP contribution in [0.4, 0.5) is 0 Å². The predicted octanol–water partition coefficient (Wildman–Crippen LogP) is 18.8. The van der Waals surface area contributed by atoms with Crippen LogP contribution in [0.1, 0.15) is 323 Å². The summed E-state index contributed by atoms with van der Waals surface area (Å²) in [5.74, 6) is -0.537. The second-order valence-corrected chi connectivity index (χ2v) is 18.5. The lowest BCUT2D eigenvalue weighted by atomic mass is 10.0. The number of carbonyl (C=O) groups excluding carboxylic acids is 2. The van der Waals surface area contributed by atoms with Crippen LogP contribution in [0, 0.1) is 0 Å². The van der Waals surface area contributed by atoms with Gasteiger partial charge in [0.2, 0.25) is 0 Å². The lowest BCUT2D eigenvalue weighted by Crippen LogP contribution is -2.29. The Morgan fingerprint density at radius 2 is 0.552 bits per heavy atom. The zero-order chi connectivity index (χ0) is 42.1. The van der Waals surface area contributed by atoms with Crippen LogP contribution in [-0.4, -0.2) is 24.6 Å². The monoisotopic (exact) mass is 819 g/mol. The number of esters is 2. The van der Waals surface area contributed by atoms with Gasteiger partial charge in [-0.1, -0.05) is 290 Å². The van der Waals surface area contributed by atoms with Gasteiger partial charge in [-0.3, -0.25) is 4.79 Å². The molecule has 0 fully saturated rings. The van der Waals surface area contributed by atoms with Crippen molar-refractivity contribution in [1.82, 2.24) is 0 Å². The quantitative estimate of drug-likeness (QED) is 0.0453. The predicted molar refractivity (Wildman–Crippen MR) is 255 cm³/mol. The van der Waals surface area contributed by atoms with E-state index < -0.39 is 6.10 Å². The van der Waals surface area contributed by atoms with Crippen LogP contribution in [0.5, 0.6) is 0 Å². The molecule has 0 aromatic carbocycles. The molecule has 346 valence electrons. The number of ether oxygens (including phenoxy) is 2. The number of rotatable bonds is 50. The average Bonchev–Trinajstić information content (AvgIpc) is 3.22. The van der Waals surface area contributed by atoms with Gasteiger partial charge in [0.05, 0.1) is 6.61 Å². The molecule has 0 aliphatic heterocycles. The molecule has 0 spiro atoms. The number of carbonyl (C=O) groups is 2. The molecule has 0 aromatic rings. The van der Waals surface area contributed by atoms with Crippen molar-refractivity contribution < 1.29 is 19.1 Å². The van der Waals surface area contributed by atoms with Crippen molar-refractivity contribution in [2.45, 2.75) is 329 Å². The van der Waals surface area contributed by atoms with Crippen molar-refractivity contribution in [1.29, 1.82) is 0 Å². The molecule has 0 amide bonds. The minimum absolute atomic E-state index is 0.218. The fraction of sp³-hybridized carbons (Fsp3) is 0.963. The molecule has 4 nitrogen and oxygen atoms in total. The van der Waals surface area contributed by atoms with Gasteiger partial charge in [0.15, 0.2) is 6.10 Å². The zero-order valence-corrected chi connectivity index (χ0v) is 40.2. The summed E-state index contributed by atoms with van der Waals surface area (Å²) >= 11 is 0. The van der Waals surface area contributed by atoms with Crippen molar-refractivity contribution in [2.24, 2.45) is 0 Å². The lowest BCUT2D eigenvalue weighted by molar-refractivity contribution is -0.168. The highest BCUT2D eigenvalue weighted by molar-refractivity contribution is 5.79. The van der Waals surface area contributed by atoms with E-state index in [0.717, 1.165) is 38.5 Å². The summed E-state index contributed by atoms with van der Waals surface area (Å²) in [6, 6.07) is 0. The van der Waals surface area contributed by atoms with Gasteiger partial charge in [-0.15, -0.1) is 0 Å². The summed E-state index contributed by atoms with van der Waals surface area (Å²) < 4.78 is 11.5. The smallest absolute Gasteiger partial charge is 0.347 e. The molecule has 0 radical (unpaired) electrons. The van der Waals surface area contributed by atoms with E-state index in [0.29, 0.717) is 19.4 Å². The molecule has 0 bridgehead atoms. The Morgan fingerprint density at radius 1 is 0.310 bits per heavy atom. The van der Waals surface area contributed by atoms with Gasteiger partial charge in [0.1, 0.15) is 0 Å². The van der Waals surface area contributed by atoms with E-state index in [1.54, 1.807) is 0 Å². The van der Waals surface area contributed by atoms with Crippen molar-refractivity contribution in [2.75, 3.05) is 6.61 Å². The third-order valence-corrected chi connectivity index (χ3v) is 12.6. The highest BCUT2D eigenvalue weighted by atomic mass is 16.6. The summed E-state index contributed by atoms with van der Waals surface area (Å²) in [6.07, 6.45) is 59.4. The lowest BCUT2D eigenvalue weighted by Gasteiger charge is -2.17. The highest BCUT2D eigenvalue weighted by Crippen LogP contribution is 2.18. The maximum atomic E-state index is 13.1. The summed E-state index contributed by atoms with van der Waals surface area (Å²) in [5.41, 5.74) is 0. The molecule has 0 heterocycles. The molecule has 0 N–H and O–H groups in total. The van der Waals surface area contributed by atoms with Gasteiger partial charge >= 0.3 is 11.9 Å². The molecule has 0 aliphatic carbocycles. The average molecular weight is 819 g/mol. The van der Waals surface area contributed by atoms with Crippen LogP contribution in [0.2, 0.25) is 0 Å². The van der Waals surface area contributed by atoms with E-state index in [4.69, 9.17) is 9.47 Å². The van der Waals surface area contributed by atoms with Gasteiger partial charge in [0, 0.05) is 6.42 Å². The number of unbranched alkanes of at least 4 members (excludes halogenated alkanes) is 42. The third-order valence-electron chi connectivity index (χ3n) is 12.6. The van der Waals surface area contributed by atoms with Crippen LogP contribution in [0.3, 0.4) is 0 Å². The molecule has 4 heteroatoms. The van der Waals surface area contributed by atoms with Gasteiger partial charge < -0.3 is 9.47 Å². The van der Waals surface area contributed by atoms with Crippen molar-refractivity contribution in [3.8, 4) is 0 Å². The summed E-state index contributed by atoms with van der Waals surface area (Å²) in [4.78, 5) is 26.0. The molecular formula is C54H106O4. The van der Waals surface area contributed by atoms with Crippen LogP contribution >= 0.6 is 0 Å². The first-order chi connectivity index (χ1) is 28.7. The molecule has 0 saturated heterocycles. The zero-order valence-electron chi connectivity index (χ0n) is 40.2. The summed E-state index contributed by atoms with van der Waals surface area (Å²) in [6.45, 7) is 7.31. The Balaban J connectivity index is 4.18. The van der Waals surface area contributed by atoms with Crippen LogP contribution in [0.25, 0.3) is 0 Å². The minimum atomic E-state index is -0.734. The van der Waals surface area contributed by atoms with Gasteiger partial charge in [0.25, 0.3) is 0 Å². The molecule has 1 unspecified atom stereocenters. The molecule has 0 rings (SSSR count). The fourth-order valence-corrected chi connectivity index (χ4v) is 8.52. The Labute approximate surface area is 365 Å². The summed E-state index contributed by atoms with van der Waals surface area (Å²) in [5, 5.41) is 0. The van der Waals surface area contributed by atoms with Crippen molar-refractivity contribution in [3.05, 3.63) is 0 Å². The first kappa shape index (κ1) is 56.9. The third kappa shape index (κ3) is 46.0. The molecule has 0 aliphatic rings. The fourth-order valence-electron chi connectivity index (χ4n) is 8.52. The normalized spacial score (nSPS) is 12.0. The van der Waals surface area contributed by atoms with Gasteiger partial charge in [-0.2, -0.15) is 0 Å². The van der Waals surface area contributed by atoms with E-state index in [-0.39, 0.29) is 11.9 Å². The molecule has 0 saturated carbocycles. The van der Waals surface area contributed by atoms with Crippen molar-refractivity contribution >= 4 is 11.9 Å².